The highest BCUT2D eigenvalue weighted by atomic mass is 14.6. The van der Waals surface area contributed by atoms with Gasteiger partial charge in [-0.1, -0.05) is 36.4 Å². The topological polar surface area (TPSA) is 49.8 Å². The molecule has 0 aliphatic heterocycles. The van der Waals surface area contributed by atoms with Crippen LogP contribution in [0.15, 0.2) is 48.5 Å². The molecule has 0 fully saturated rings. The maximum atomic E-state index is 8.99. The van der Waals surface area contributed by atoms with E-state index in [0.717, 1.165) is 16.7 Å². The first-order valence-electron chi connectivity index (χ1n) is 5.41. The van der Waals surface area contributed by atoms with Gasteiger partial charge in [-0.25, -0.2) is 0 Å². The Morgan fingerprint density at radius 3 is 2.24 bits per heavy atom. The van der Waals surface area contributed by atoms with Gasteiger partial charge in [0.15, 0.2) is 0 Å². The highest BCUT2D eigenvalue weighted by Gasteiger charge is 2.13. The molecule has 17 heavy (non-hydrogen) atoms. The summed E-state index contributed by atoms with van der Waals surface area (Å²) < 4.78 is 0. The number of rotatable bonds is 0. The molecule has 2 nitrogen and oxygen atoms in total. The summed E-state index contributed by atoms with van der Waals surface area (Å²) in [4.78, 5) is 0. The SMILES string of the molecule is N#Cc1cc2cccc3cccc-3cc-2c1N. The molecule has 0 atom stereocenters. The lowest BCUT2D eigenvalue weighted by Gasteiger charge is -2.00. The van der Waals surface area contributed by atoms with Crippen LogP contribution in [0.25, 0.3) is 22.3 Å². The molecule has 0 unspecified atom stereocenters. The van der Waals surface area contributed by atoms with Crippen LogP contribution in [0.5, 0.6) is 0 Å². The van der Waals surface area contributed by atoms with Crippen LogP contribution in [0.1, 0.15) is 5.56 Å². The Labute approximate surface area is 99.6 Å². The van der Waals surface area contributed by atoms with Crippen molar-refractivity contribution in [3.05, 3.63) is 54.1 Å². The average molecular weight is 218 g/mol. The van der Waals surface area contributed by atoms with Gasteiger partial charge in [0.2, 0.25) is 0 Å². The monoisotopic (exact) mass is 218 g/mol. The van der Waals surface area contributed by atoms with Crippen molar-refractivity contribution in [3.8, 4) is 28.3 Å². The van der Waals surface area contributed by atoms with Gasteiger partial charge >= 0.3 is 0 Å². The van der Waals surface area contributed by atoms with E-state index in [1.165, 1.54) is 5.56 Å². The van der Waals surface area contributed by atoms with Gasteiger partial charge in [-0.05, 0) is 28.8 Å². The number of anilines is 1. The highest BCUT2D eigenvalue weighted by molar-refractivity contribution is 5.87. The van der Waals surface area contributed by atoms with Crippen molar-refractivity contribution in [2.75, 3.05) is 5.73 Å². The molecule has 2 N–H and O–H groups in total. The first-order valence-corrected chi connectivity index (χ1v) is 5.41. The van der Waals surface area contributed by atoms with E-state index in [1.54, 1.807) is 0 Å². The second-order valence-corrected chi connectivity index (χ2v) is 4.06. The molecule has 0 saturated heterocycles. The van der Waals surface area contributed by atoms with Crippen LogP contribution in [0.2, 0.25) is 0 Å². The molecule has 3 aliphatic rings. The van der Waals surface area contributed by atoms with Crippen molar-refractivity contribution >= 4 is 5.69 Å². The predicted octanol–water partition coefficient (Wildman–Crippen LogP) is 3.35. The fraction of sp³-hybridized carbons (Fsp3) is 0. The number of nitrogens with zero attached hydrogens (tertiary/aromatic N) is 1. The minimum Gasteiger partial charge on any atom is -0.397 e. The molecule has 0 saturated carbocycles. The van der Waals surface area contributed by atoms with Gasteiger partial charge in [-0.2, -0.15) is 5.26 Å². The second kappa shape index (κ2) is 3.50. The molecule has 2 heteroatoms. The summed E-state index contributed by atoms with van der Waals surface area (Å²) >= 11 is 0. The van der Waals surface area contributed by atoms with E-state index >= 15 is 0 Å². The standard InChI is InChI=1S/C15H10N2/c16-9-13-7-12-6-2-4-10-3-1-5-11(10)8-14(12)15(13)17/h1-8H,17H2. The van der Waals surface area contributed by atoms with Crippen LogP contribution in [-0.2, 0) is 0 Å². The number of nitrogens with two attached hydrogens (primary N) is 1. The van der Waals surface area contributed by atoms with E-state index in [1.807, 2.05) is 36.4 Å². The molecule has 0 bridgehead atoms. The number of fused-ring (bicyclic) bond motifs is 2. The Hall–Kier alpha value is -2.53. The van der Waals surface area contributed by atoms with Crippen LogP contribution in [0.3, 0.4) is 0 Å². The minimum atomic E-state index is 0.547. The maximum Gasteiger partial charge on any atom is 0.101 e. The fourth-order valence-electron chi connectivity index (χ4n) is 2.15. The van der Waals surface area contributed by atoms with Crippen molar-refractivity contribution in [2.45, 2.75) is 0 Å². The molecule has 3 rings (SSSR count). The van der Waals surface area contributed by atoms with E-state index in [4.69, 9.17) is 11.0 Å². The van der Waals surface area contributed by atoms with Gasteiger partial charge in [0.25, 0.3) is 0 Å². The summed E-state index contributed by atoms with van der Waals surface area (Å²) in [6.45, 7) is 0. The van der Waals surface area contributed by atoms with Gasteiger partial charge in [0.1, 0.15) is 6.07 Å². The van der Waals surface area contributed by atoms with Crippen LogP contribution in [0, 0.1) is 11.3 Å². The molecule has 80 valence electrons. The Bertz CT molecular complexity index is 679. The summed E-state index contributed by atoms with van der Waals surface area (Å²) in [5.74, 6) is 0. The van der Waals surface area contributed by atoms with Crippen molar-refractivity contribution in [3.63, 3.8) is 0 Å². The largest absolute Gasteiger partial charge is 0.397 e. The number of hydrogen-bond acceptors (Lipinski definition) is 2. The predicted molar refractivity (Wildman–Crippen MR) is 68.8 cm³/mol. The lowest BCUT2D eigenvalue weighted by atomic mass is 10.1. The zero-order valence-electron chi connectivity index (χ0n) is 9.14. The van der Waals surface area contributed by atoms with Crippen LogP contribution in [0.4, 0.5) is 5.69 Å². The summed E-state index contributed by atoms with van der Waals surface area (Å²) in [6.07, 6.45) is 0. The Balaban J connectivity index is 2.39. The lowest BCUT2D eigenvalue weighted by molar-refractivity contribution is 1.51. The molecule has 3 aliphatic carbocycles. The first kappa shape index (κ1) is 9.68. The third-order valence-corrected chi connectivity index (χ3v) is 3.05. The van der Waals surface area contributed by atoms with Crippen molar-refractivity contribution in [1.29, 1.82) is 5.26 Å². The normalized spacial score (nSPS) is 10.5. The maximum absolute atomic E-state index is 8.99. The van der Waals surface area contributed by atoms with E-state index in [2.05, 4.69) is 18.2 Å². The molecule has 0 aromatic carbocycles. The minimum absolute atomic E-state index is 0.547. The van der Waals surface area contributed by atoms with Crippen molar-refractivity contribution in [2.24, 2.45) is 0 Å². The van der Waals surface area contributed by atoms with E-state index < -0.39 is 0 Å². The van der Waals surface area contributed by atoms with Gasteiger partial charge in [0.05, 0.1) is 11.3 Å². The summed E-state index contributed by atoms with van der Waals surface area (Å²) in [5.41, 5.74) is 11.4. The first-order chi connectivity index (χ1) is 8.29. The molecule has 0 radical (unpaired) electrons. The summed E-state index contributed by atoms with van der Waals surface area (Å²) in [6, 6.07) is 18.2. The summed E-state index contributed by atoms with van der Waals surface area (Å²) in [5, 5.41) is 8.99. The number of nitrogen functional groups attached to an aromatic ring is 1. The van der Waals surface area contributed by atoms with E-state index in [0.29, 0.717) is 11.3 Å². The van der Waals surface area contributed by atoms with E-state index in [9.17, 15) is 0 Å². The zero-order chi connectivity index (χ0) is 11.8. The van der Waals surface area contributed by atoms with Gasteiger partial charge in [0, 0.05) is 5.56 Å². The third-order valence-electron chi connectivity index (χ3n) is 3.05. The average Bonchev–Trinajstić information content (AvgIpc) is 2.84. The fourth-order valence-corrected chi connectivity index (χ4v) is 2.15. The van der Waals surface area contributed by atoms with Crippen LogP contribution < -0.4 is 5.73 Å². The quantitative estimate of drug-likeness (QED) is 0.629. The molecular formula is C15H10N2. The van der Waals surface area contributed by atoms with E-state index in [-0.39, 0.29) is 0 Å². The third kappa shape index (κ3) is 1.41. The van der Waals surface area contributed by atoms with Crippen LogP contribution in [-0.4, -0.2) is 0 Å². The van der Waals surface area contributed by atoms with Crippen LogP contribution >= 0.6 is 0 Å². The molecule has 0 amide bonds. The smallest absolute Gasteiger partial charge is 0.101 e. The molecule has 0 spiro atoms. The Morgan fingerprint density at radius 1 is 0.882 bits per heavy atom. The molecular weight excluding hydrogens is 208 g/mol. The Kier molecular flexibility index (Phi) is 1.99. The molecule has 0 aromatic heterocycles. The Morgan fingerprint density at radius 2 is 1.53 bits per heavy atom. The molecule has 0 aromatic rings. The van der Waals surface area contributed by atoms with Gasteiger partial charge < -0.3 is 5.73 Å². The number of nitriles is 1. The number of hydrogen-bond donors (Lipinski definition) is 1. The van der Waals surface area contributed by atoms with Crippen molar-refractivity contribution in [1.82, 2.24) is 0 Å². The second-order valence-electron chi connectivity index (χ2n) is 4.06. The van der Waals surface area contributed by atoms with Gasteiger partial charge in [-0.15, -0.1) is 0 Å². The van der Waals surface area contributed by atoms with Gasteiger partial charge in [-0.3, -0.25) is 0 Å². The lowest BCUT2D eigenvalue weighted by Crippen LogP contribution is -1.86. The highest BCUT2D eigenvalue weighted by Crippen LogP contribution is 2.35. The summed E-state index contributed by atoms with van der Waals surface area (Å²) in [7, 11) is 0. The molecule has 0 heterocycles. The van der Waals surface area contributed by atoms with Crippen molar-refractivity contribution < 1.29 is 0 Å². The zero-order valence-corrected chi connectivity index (χ0v) is 9.14.